The minimum atomic E-state index is -0.328. The Balaban J connectivity index is 2.19. The normalized spacial score (nSPS) is 10.4. The number of phenolic OH excluding ortho intramolecular Hbond substituents is 1. The van der Waals surface area contributed by atoms with E-state index in [2.05, 4.69) is 0 Å². The molecule has 0 radical (unpaired) electrons. The van der Waals surface area contributed by atoms with Crippen molar-refractivity contribution in [2.45, 2.75) is 6.54 Å². The predicted octanol–water partition coefficient (Wildman–Crippen LogP) is 3.55. The van der Waals surface area contributed by atoms with E-state index in [1.807, 2.05) is 0 Å². The summed E-state index contributed by atoms with van der Waals surface area (Å²) in [5.74, 6) is -0.533. The lowest BCUT2D eigenvalue weighted by atomic mass is 10.1. The number of rotatable bonds is 3. The fraction of sp³-hybridized carbons (Fsp3) is 0.133. The second kappa shape index (κ2) is 6.24. The molecule has 0 aliphatic rings. The standard InChI is InChI=1S/C15H14Cl2N2O2/c1-19(8-9-5-6-11(16)12(17)7-9)15(21)10-3-2-4-13(18)14(10)20/h2-7,20H,8,18H2,1H3. The fourth-order valence-electron chi connectivity index (χ4n) is 1.92. The smallest absolute Gasteiger partial charge is 0.257 e. The molecule has 0 aliphatic carbocycles. The number of nitrogens with zero attached hydrogens (tertiary/aromatic N) is 1. The van der Waals surface area contributed by atoms with Crippen molar-refractivity contribution < 1.29 is 9.90 Å². The summed E-state index contributed by atoms with van der Waals surface area (Å²) in [5.41, 5.74) is 6.77. The molecule has 2 aromatic carbocycles. The summed E-state index contributed by atoms with van der Waals surface area (Å²) >= 11 is 11.8. The lowest BCUT2D eigenvalue weighted by Crippen LogP contribution is -2.26. The number of benzene rings is 2. The molecule has 0 aromatic heterocycles. The summed E-state index contributed by atoms with van der Waals surface area (Å²) in [6, 6.07) is 9.85. The van der Waals surface area contributed by atoms with Crippen molar-refractivity contribution in [1.82, 2.24) is 4.90 Å². The van der Waals surface area contributed by atoms with Gasteiger partial charge in [0.15, 0.2) is 5.75 Å². The van der Waals surface area contributed by atoms with E-state index in [9.17, 15) is 9.90 Å². The van der Waals surface area contributed by atoms with E-state index in [0.29, 0.717) is 16.6 Å². The molecule has 0 saturated carbocycles. The number of aromatic hydroxyl groups is 1. The summed E-state index contributed by atoms with van der Waals surface area (Å²) in [4.78, 5) is 13.8. The maximum atomic E-state index is 12.3. The third kappa shape index (κ3) is 3.40. The monoisotopic (exact) mass is 324 g/mol. The Hall–Kier alpha value is -1.91. The summed E-state index contributed by atoms with van der Waals surface area (Å²) < 4.78 is 0. The van der Waals surface area contributed by atoms with Crippen molar-refractivity contribution in [2.75, 3.05) is 12.8 Å². The Bertz CT molecular complexity index is 689. The molecule has 6 heteroatoms. The number of anilines is 1. The van der Waals surface area contributed by atoms with E-state index in [0.717, 1.165) is 5.56 Å². The molecular formula is C15H14Cl2N2O2. The molecule has 4 nitrogen and oxygen atoms in total. The van der Waals surface area contributed by atoms with Gasteiger partial charge in [0.2, 0.25) is 0 Å². The van der Waals surface area contributed by atoms with Crippen molar-refractivity contribution >= 4 is 34.8 Å². The largest absolute Gasteiger partial charge is 0.505 e. The molecular weight excluding hydrogens is 311 g/mol. The van der Waals surface area contributed by atoms with Crippen LogP contribution in [0.2, 0.25) is 10.0 Å². The Morgan fingerprint density at radius 3 is 2.62 bits per heavy atom. The van der Waals surface area contributed by atoms with Crippen LogP contribution in [0.25, 0.3) is 0 Å². The average Bonchev–Trinajstić information content (AvgIpc) is 2.45. The number of carbonyl (C=O) groups excluding carboxylic acids is 1. The molecule has 0 fully saturated rings. The van der Waals surface area contributed by atoms with Crippen LogP contribution in [0, 0.1) is 0 Å². The number of para-hydroxylation sites is 1. The number of nitrogens with two attached hydrogens (primary N) is 1. The Morgan fingerprint density at radius 2 is 1.95 bits per heavy atom. The number of halogens is 2. The zero-order valence-electron chi connectivity index (χ0n) is 11.3. The number of hydrogen-bond acceptors (Lipinski definition) is 3. The van der Waals surface area contributed by atoms with Crippen LogP contribution >= 0.6 is 23.2 Å². The van der Waals surface area contributed by atoms with Gasteiger partial charge in [-0.1, -0.05) is 35.3 Å². The van der Waals surface area contributed by atoms with E-state index >= 15 is 0 Å². The SMILES string of the molecule is CN(Cc1ccc(Cl)c(Cl)c1)C(=O)c1cccc(N)c1O. The number of hydrogen-bond donors (Lipinski definition) is 2. The maximum Gasteiger partial charge on any atom is 0.257 e. The van der Waals surface area contributed by atoms with Gasteiger partial charge in [0.1, 0.15) is 0 Å². The Kier molecular flexibility index (Phi) is 4.60. The molecule has 110 valence electrons. The highest BCUT2D eigenvalue weighted by Crippen LogP contribution is 2.27. The van der Waals surface area contributed by atoms with Crippen LogP contribution in [0.5, 0.6) is 5.75 Å². The first-order valence-electron chi connectivity index (χ1n) is 6.17. The first-order valence-corrected chi connectivity index (χ1v) is 6.92. The van der Waals surface area contributed by atoms with Gasteiger partial charge in [0, 0.05) is 13.6 Å². The van der Waals surface area contributed by atoms with Crippen molar-refractivity contribution in [2.24, 2.45) is 0 Å². The van der Waals surface area contributed by atoms with E-state index in [1.54, 1.807) is 31.3 Å². The minimum absolute atomic E-state index is 0.164. The zero-order valence-corrected chi connectivity index (χ0v) is 12.8. The van der Waals surface area contributed by atoms with Crippen molar-refractivity contribution in [3.05, 3.63) is 57.6 Å². The molecule has 2 aromatic rings. The van der Waals surface area contributed by atoms with Gasteiger partial charge in [0.25, 0.3) is 5.91 Å². The molecule has 2 rings (SSSR count). The Morgan fingerprint density at radius 1 is 1.24 bits per heavy atom. The number of carbonyl (C=O) groups is 1. The van der Waals surface area contributed by atoms with Gasteiger partial charge in [-0.3, -0.25) is 4.79 Å². The quantitative estimate of drug-likeness (QED) is 0.670. The third-order valence-corrected chi connectivity index (χ3v) is 3.79. The van der Waals surface area contributed by atoms with Gasteiger partial charge < -0.3 is 15.7 Å². The fourth-order valence-corrected chi connectivity index (χ4v) is 2.24. The van der Waals surface area contributed by atoms with E-state index in [-0.39, 0.29) is 22.9 Å². The van der Waals surface area contributed by atoms with E-state index in [1.165, 1.54) is 17.0 Å². The molecule has 0 bridgehead atoms. The van der Waals surface area contributed by atoms with Crippen LogP contribution in [-0.2, 0) is 6.54 Å². The predicted molar refractivity (Wildman–Crippen MR) is 84.8 cm³/mol. The highest BCUT2D eigenvalue weighted by atomic mass is 35.5. The van der Waals surface area contributed by atoms with Gasteiger partial charge in [-0.25, -0.2) is 0 Å². The van der Waals surface area contributed by atoms with Crippen LogP contribution in [-0.4, -0.2) is 23.0 Å². The highest BCUT2D eigenvalue weighted by Gasteiger charge is 2.17. The average molecular weight is 325 g/mol. The maximum absolute atomic E-state index is 12.3. The lowest BCUT2D eigenvalue weighted by molar-refractivity contribution is 0.0782. The molecule has 0 heterocycles. The van der Waals surface area contributed by atoms with Gasteiger partial charge in [-0.05, 0) is 29.8 Å². The summed E-state index contributed by atoms with van der Waals surface area (Å²) in [5, 5.41) is 10.7. The van der Waals surface area contributed by atoms with Crippen LogP contribution in [0.4, 0.5) is 5.69 Å². The number of amides is 1. The summed E-state index contributed by atoms with van der Waals surface area (Å²) in [7, 11) is 1.63. The van der Waals surface area contributed by atoms with Crippen LogP contribution < -0.4 is 5.73 Å². The van der Waals surface area contributed by atoms with Gasteiger partial charge in [-0.15, -0.1) is 0 Å². The van der Waals surface area contributed by atoms with Crippen LogP contribution in [0.15, 0.2) is 36.4 Å². The molecule has 21 heavy (non-hydrogen) atoms. The Labute approximate surface area is 132 Å². The van der Waals surface area contributed by atoms with Gasteiger partial charge >= 0.3 is 0 Å². The first kappa shape index (κ1) is 15.5. The number of phenols is 1. The van der Waals surface area contributed by atoms with Crippen molar-refractivity contribution in [3.8, 4) is 5.75 Å². The second-order valence-corrected chi connectivity index (χ2v) is 5.47. The highest BCUT2D eigenvalue weighted by molar-refractivity contribution is 6.42. The third-order valence-electron chi connectivity index (χ3n) is 3.05. The van der Waals surface area contributed by atoms with E-state index < -0.39 is 0 Å². The molecule has 1 amide bonds. The van der Waals surface area contributed by atoms with Crippen LogP contribution in [0.3, 0.4) is 0 Å². The van der Waals surface area contributed by atoms with Gasteiger partial charge in [-0.2, -0.15) is 0 Å². The number of nitrogen functional groups attached to an aromatic ring is 1. The molecule has 0 saturated heterocycles. The van der Waals surface area contributed by atoms with Crippen LogP contribution in [0.1, 0.15) is 15.9 Å². The molecule has 0 aliphatic heterocycles. The minimum Gasteiger partial charge on any atom is -0.505 e. The van der Waals surface area contributed by atoms with E-state index in [4.69, 9.17) is 28.9 Å². The molecule has 0 spiro atoms. The summed E-state index contributed by atoms with van der Waals surface area (Å²) in [6.07, 6.45) is 0. The lowest BCUT2D eigenvalue weighted by Gasteiger charge is -2.18. The summed E-state index contributed by atoms with van der Waals surface area (Å²) in [6.45, 7) is 0.337. The molecule has 0 atom stereocenters. The van der Waals surface area contributed by atoms with Gasteiger partial charge in [0.05, 0.1) is 21.3 Å². The topological polar surface area (TPSA) is 66.6 Å². The first-order chi connectivity index (χ1) is 9.90. The zero-order chi connectivity index (χ0) is 15.6. The molecule has 0 unspecified atom stereocenters. The second-order valence-electron chi connectivity index (χ2n) is 4.65. The van der Waals surface area contributed by atoms with Crippen molar-refractivity contribution in [1.29, 1.82) is 0 Å². The molecule has 3 N–H and O–H groups in total. The van der Waals surface area contributed by atoms with Crippen molar-refractivity contribution in [3.63, 3.8) is 0 Å².